The van der Waals surface area contributed by atoms with Crippen LogP contribution in [0.4, 0.5) is 9.52 Å². The highest BCUT2D eigenvalue weighted by molar-refractivity contribution is 7.13. The number of aryl methyl sites for hydroxylation is 1. The van der Waals surface area contributed by atoms with E-state index in [0.29, 0.717) is 11.7 Å². The molecule has 0 spiro atoms. The van der Waals surface area contributed by atoms with Crippen LogP contribution in [0, 0.1) is 5.82 Å². The Kier molecular flexibility index (Phi) is 6.57. The number of nitrogens with one attached hydrogen (secondary N) is 1. The number of rotatable bonds is 7. The minimum absolute atomic E-state index is 0.0173. The van der Waals surface area contributed by atoms with E-state index >= 15 is 0 Å². The maximum atomic E-state index is 13.3. The normalized spacial score (nSPS) is 16.3. The van der Waals surface area contributed by atoms with Crippen LogP contribution in [0.1, 0.15) is 43.0 Å². The Labute approximate surface area is 157 Å². The molecule has 0 aliphatic carbocycles. The highest BCUT2D eigenvalue weighted by atomic mass is 32.1. The molecule has 1 fully saturated rings. The van der Waals surface area contributed by atoms with Crippen LogP contribution in [0.2, 0.25) is 0 Å². The van der Waals surface area contributed by atoms with E-state index in [2.05, 4.69) is 15.2 Å². The monoisotopic (exact) mass is 376 g/mol. The number of amides is 1. The van der Waals surface area contributed by atoms with Gasteiger partial charge in [0, 0.05) is 11.9 Å². The van der Waals surface area contributed by atoms with Gasteiger partial charge < -0.3 is 11.1 Å². The van der Waals surface area contributed by atoms with Crippen molar-refractivity contribution in [3.8, 4) is 0 Å². The summed E-state index contributed by atoms with van der Waals surface area (Å²) in [6.45, 7) is 2.38. The number of nitrogen functional groups attached to an aromatic ring is 1. The number of nitrogens with zero attached hydrogens (tertiary/aromatic N) is 2. The first-order chi connectivity index (χ1) is 12.6. The van der Waals surface area contributed by atoms with Gasteiger partial charge >= 0.3 is 0 Å². The van der Waals surface area contributed by atoms with E-state index in [1.165, 1.54) is 29.9 Å². The predicted octanol–water partition coefficient (Wildman–Crippen LogP) is 3.14. The second-order valence-corrected chi connectivity index (χ2v) is 7.51. The van der Waals surface area contributed by atoms with E-state index in [1.807, 2.05) is 5.38 Å². The van der Waals surface area contributed by atoms with Gasteiger partial charge in [-0.2, -0.15) is 0 Å². The van der Waals surface area contributed by atoms with Crippen LogP contribution in [0.25, 0.3) is 0 Å². The lowest BCUT2D eigenvalue weighted by Crippen LogP contribution is -2.43. The number of carbonyl (C=O) groups excluding carboxylic acids is 1. The number of likely N-dealkylation sites (tertiary alicyclic amines) is 1. The van der Waals surface area contributed by atoms with Crippen LogP contribution in [-0.4, -0.2) is 35.4 Å². The molecular formula is C19H25FN4OS. The zero-order valence-corrected chi connectivity index (χ0v) is 15.6. The standard InChI is InChI=1S/C19H25FN4OS/c20-15-8-6-14(7-9-15)17(24-11-2-1-3-12-24)18(25)22-10-4-5-16-13-26-19(21)23-16/h6-9,13,17H,1-5,10-12H2,(H2,21,23)(H,22,25)/t17-/m0/s1. The Balaban J connectivity index is 1.59. The summed E-state index contributed by atoms with van der Waals surface area (Å²) >= 11 is 1.43. The number of anilines is 1. The summed E-state index contributed by atoms with van der Waals surface area (Å²) in [7, 11) is 0. The molecule has 1 saturated heterocycles. The molecule has 5 nitrogen and oxygen atoms in total. The van der Waals surface area contributed by atoms with Gasteiger partial charge in [0.1, 0.15) is 11.9 Å². The van der Waals surface area contributed by atoms with Gasteiger partial charge in [-0.3, -0.25) is 9.69 Å². The number of thiazole rings is 1. The number of hydrogen-bond donors (Lipinski definition) is 2. The number of halogens is 1. The fourth-order valence-electron chi connectivity index (χ4n) is 3.36. The molecule has 26 heavy (non-hydrogen) atoms. The molecule has 1 aliphatic rings. The van der Waals surface area contributed by atoms with Gasteiger partial charge in [0.15, 0.2) is 5.13 Å². The molecule has 140 valence electrons. The SMILES string of the molecule is Nc1nc(CCCNC(=O)[C@H](c2ccc(F)cc2)N2CCCCC2)cs1. The average molecular weight is 377 g/mol. The van der Waals surface area contributed by atoms with E-state index in [-0.39, 0.29) is 17.8 Å². The molecule has 2 aromatic rings. The highest BCUT2D eigenvalue weighted by Gasteiger charge is 2.28. The van der Waals surface area contributed by atoms with Crippen LogP contribution in [0.15, 0.2) is 29.6 Å². The molecule has 1 aliphatic heterocycles. The van der Waals surface area contributed by atoms with Crippen molar-refractivity contribution in [3.63, 3.8) is 0 Å². The lowest BCUT2D eigenvalue weighted by atomic mass is 10.0. The van der Waals surface area contributed by atoms with Gasteiger partial charge in [-0.25, -0.2) is 9.37 Å². The Morgan fingerprint density at radius 1 is 1.27 bits per heavy atom. The van der Waals surface area contributed by atoms with Crippen LogP contribution < -0.4 is 11.1 Å². The Hall–Kier alpha value is -1.99. The van der Waals surface area contributed by atoms with Crippen molar-refractivity contribution in [2.24, 2.45) is 0 Å². The summed E-state index contributed by atoms with van der Waals surface area (Å²) in [5.41, 5.74) is 7.44. The second kappa shape index (κ2) is 9.09. The summed E-state index contributed by atoms with van der Waals surface area (Å²) < 4.78 is 13.3. The van der Waals surface area contributed by atoms with Crippen molar-refractivity contribution < 1.29 is 9.18 Å². The van der Waals surface area contributed by atoms with Crippen molar-refractivity contribution >= 4 is 22.4 Å². The first-order valence-electron chi connectivity index (χ1n) is 9.10. The van der Waals surface area contributed by atoms with Crippen molar-refractivity contribution in [2.45, 2.75) is 38.1 Å². The molecule has 0 bridgehead atoms. The Bertz CT molecular complexity index is 713. The smallest absolute Gasteiger partial charge is 0.241 e. The third kappa shape index (κ3) is 5.02. The van der Waals surface area contributed by atoms with Gasteiger partial charge in [-0.05, 0) is 56.5 Å². The van der Waals surface area contributed by atoms with E-state index in [4.69, 9.17) is 5.73 Å². The quantitative estimate of drug-likeness (QED) is 0.728. The maximum Gasteiger partial charge on any atom is 0.241 e. The Morgan fingerprint density at radius 2 is 2.00 bits per heavy atom. The van der Waals surface area contributed by atoms with Crippen molar-refractivity contribution in [1.29, 1.82) is 0 Å². The van der Waals surface area contributed by atoms with Crippen LogP contribution >= 0.6 is 11.3 Å². The molecule has 0 saturated carbocycles. The van der Waals surface area contributed by atoms with Gasteiger partial charge in [0.25, 0.3) is 0 Å². The summed E-state index contributed by atoms with van der Waals surface area (Å²) in [5, 5.41) is 5.57. The number of piperidine rings is 1. The highest BCUT2D eigenvalue weighted by Crippen LogP contribution is 2.25. The number of benzene rings is 1. The number of aromatic nitrogens is 1. The first kappa shape index (κ1) is 18.8. The minimum atomic E-state index is -0.356. The molecule has 3 N–H and O–H groups in total. The fraction of sp³-hybridized carbons (Fsp3) is 0.474. The molecule has 1 amide bonds. The summed E-state index contributed by atoms with van der Waals surface area (Å²) in [6, 6.07) is 5.92. The van der Waals surface area contributed by atoms with E-state index in [9.17, 15) is 9.18 Å². The molecule has 3 rings (SSSR count). The van der Waals surface area contributed by atoms with Gasteiger partial charge in [0.2, 0.25) is 5.91 Å². The molecule has 0 radical (unpaired) electrons. The van der Waals surface area contributed by atoms with Gasteiger partial charge in [-0.1, -0.05) is 18.6 Å². The summed E-state index contributed by atoms with van der Waals surface area (Å²) in [4.78, 5) is 19.3. The lowest BCUT2D eigenvalue weighted by molar-refractivity contribution is -0.127. The second-order valence-electron chi connectivity index (χ2n) is 6.62. The molecule has 1 aromatic carbocycles. The van der Waals surface area contributed by atoms with Crippen LogP contribution in [-0.2, 0) is 11.2 Å². The number of nitrogens with two attached hydrogens (primary N) is 1. The zero-order valence-electron chi connectivity index (χ0n) is 14.8. The number of hydrogen-bond acceptors (Lipinski definition) is 5. The summed E-state index contributed by atoms with van der Waals surface area (Å²) in [6.07, 6.45) is 4.99. The third-order valence-corrected chi connectivity index (χ3v) is 5.39. The molecule has 7 heteroatoms. The van der Waals surface area contributed by atoms with E-state index in [1.54, 1.807) is 12.1 Å². The number of carbonyl (C=O) groups is 1. The molecule has 1 atom stereocenters. The Morgan fingerprint density at radius 3 is 2.65 bits per heavy atom. The van der Waals surface area contributed by atoms with E-state index in [0.717, 1.165) is 50.0 Å². The van der Waals surface area contributed by atoms with Crippen molar-refractivity contribution in [1.82, 2.24) is 15.2 Å². The fourth-order valence-corrected chi connectivity index (χ4v) is 3.96. The van der Waals surface area contributed by atoms with Crippen LogP contribution in [0.5, 0.6) is 0 Å². The minimum Gasteiger partial charge on any atom is -0.375 e. The predicted molar refractivity (Wildman–Crippen MR) is 102 cm³/mol. The topological polar surface area (TPSA) is 71.2 Å². The maximum absolute atomic E-state index is 13.3. The first-order valence-corrected chi connectivity index (χ1v) is 9.98. The molecule has 0 unspecified atom stereocenters. The van der Waals surface area contributed by atoms with E-state index < -0.39 is 0 Å². The largest absolute Gasteiger partial charge is 0.375 e. The van der Waals surface area contributed by atoms with Crippen molar-refractivity contribution in [2.75, 3.05) is 25.4 Å². The molecule has 1 aromatic heterocycles. The third-order valence-electron chi connectivity index (χ3n) is 4.67. The summed E-state index contributed by atoms with van der Waals surface area (Å²) in [5.74, 6) is -0.301. The lowest BCUT2D eigenvalue weighted by Gasteiger charge is -2.34. The molecular weight excluding hydrogens is 351 g/mol. The molecule has 2 heterocycles. The average Bonchev–Trinajstić information content (AvgIpc) is 3.07. The zero-order chi connectivity index (χ0) is 18.4. The van der Waals surface area contributed by atoms with Crippen molar-refractivity contribution in [3.05, 3.63) is 46.7 Å². The van der Waals surface area contributed by atoms with Gasteiger partial charge in [0.05, 0.1) is 5.69 Å². The van der Waals surface area contributed by atoms with Gasteiger partial charge in [-0.15, -0.1) is 11.3 Å². The van der Waals surface area contributed by atoms with Crippen LogP contribution in [0.3, 0.4) is 0 Å².